The fourth-order valence-electron chi connectivity index (χ4n) is 2.20. The monoisotopic (exact) mass is 255 g/mol. The Kier molecular flexibility index (Phi) is 4.29. The van der Waals surface area contributed by atoms with Crippen molar-refractivity contribution in [1.82, 2.24) is 5.32 Å². The van der Waals surface area contributed by atoms with E-state index in [-0.39, 0.29) is 11.9 Å². The first-order valence-corrected chi connectivity index (χ1v) is 7.09. The molecule has 0 saturated carbocycles. The second-order valence-corrected chi connectivity index (χ2v) is 5.23. The molecular weight excluding hydrogens is 237 g/mol. The van der Waals surface area contributed by atoms with Gasteiger partial charge in [0.1, 0.15) is 11.6 Å². The molecule has 1 aromatic carbocycles. The van der Waals surface area contributed by atoms with Gasteiger partial charge >= 0.3 is 0 Å². The first-order chi connectivity index (χ1) is 8.26. The molecule has 2 nitrogen and oxygen atoms in total. The maximum atomic E-state index is 14.0. The number of ether oxygens (including phenoxy) is 1. The van der Waals surface area contributed by atoms with Crippen LogP contribution in [0.2, 0.25) is 0 Å². The Bertz CT molecular complexity index is 397. The number of hydrogen-bond donors (Lipinski definition) is 1. The molecular formula is C13H18FNOS. The summed E-state index contributed by atoms with van der Waals surface area (Å²) in [6, 6.07) is 3.69. The summed E-state index contributed by atoms with van der Waals surface area (Å²) >= 11 is 1.79. The van der Waals surface area contributed by atoms with E-state index in [1.807, 2.05) is 6.07 Å². The Labute approximate surface area is 106 Å². The first kappa shape index (κ1) is 12.7. The average Bonchev–Trinajstić information content (AvgIpc) is 2.53. The molecule has 1 atom stereocenters. The fraction of sp³-hybridized carbons (Fsp3) is 0.538. The molecule has 0 amide bonds. The fourth-order valence-corrected chi connectivity index (χ4v) is 3.26. The predicted octanol–water partition coefficient (Wildman–Crippen LogP) is 3.12. The molecule has 0 aromatic heterocycles. The second kappa shape index (κ2) is 5.74. The topological polar surface area (TPSA) is 21.3 Å². The number of thioether (sulfide) groups is 1. The third kappa shape index (κ3) is 2.75. The molecule has 2 rings (SSSR count). The van der Waals surface area contributed by atoms with Gasteiger partial charge in [0.05, 0.1) is 7.11 Å². The van der Waals surface area contributed by atoms with E-state index in [0.717, 1.165) is 35.6 Å². The van der Waals surface area contributed by atoms with E-state index in [2.05, 4.69) is 12.2 Å². The lowest BCUT2D eigenvalue weighted by Crippen LogP contribution is -2.22. The molecule has 0 radical (unpaired) electrons. The van der Waals surface area contributed by atoms with Gasteiger partial charge in [-0.3, -0.25) is 0 Å². The summed E-state index contributed by atoms with van der Waals surface area (Å²) in [5, 5.41) is 3.42. The van der Waals surface area contributed by atoms with Crippen LogP contribution in [0.15, 0.2) is 12.1 Å². The van der Waals surface area contributed by atoms with Crippen LogP contribution in [0.5, 0.6) is 5.75 Å². The highest BCUT2D eigenvalue weighted by atomic mass is 32.2. The van der Waals surface area contributed by atoms with Gasteiger partial charge in [-0.25, -0.2) is 4.39 Å². The highest BCUT2D eigenvalue weighted by molar-refractivity contribution is 7.98. The summed E-state index contributed by atoms with van der Waals surface area (Å²) in [5.41, 5.74) is 1.90. The van der Waals surface area contributed by atoms with E-state index in [4.69, 9.17) is 4.74 Å². The van der Waals surface area contributed by atoms with Gasteiger partial charge in [0, 0.05) is 23.4 Å². The number of halogens is 1. The van der Waals surface area contributed by atoms with Gasteiger partial charge < -0.3 is 10.1 Å². The van der Waals surface area contributed by atoms with Crippen LogP contribution in [0.25, 0.3) is 0 Å². The third-order valence-corrected chi connectivity index (χ3v) is 4.08. The summed E-state index contributed by atoms with van der Waals surface area (Å²) in [7, 11) is 1.58. The molecule has 4 heteroatoms. The number of methoxy groups -OCH3 is 1. The molecule has 1 N–H and O–H groups in total. The van der Waals surface area contributed by atoms with Gasteiger partial charge in [0.25, 0.3) is 0 Å². The van der Waals surface area contributed by atoms with Gasteiger partial charge in [-0.2, -0.15) is 11.8 Å². The van der Waals surface area contributed by atoms with Gasteiger partial charge in [-0.05, 0) is 30.3 Å². The average molecular weight is 255 g/mol. The van der Waals surface area contributed by atoms with E-state index in [0.29, 0.717) is 5.75 Å². The smallest absolute Gasteiger partial charge is 0.131 e. The molecule has 0 fully saturated rings. The zero-order valence-corrected chi connectivity index (χ0v) is 11.1. The molecule has 17 heavy (non-hydrogen) atoms. The number of fused-ring (bicyclic) bond motifs is 1. The van der Waals surface area contributed by atoms with Crippen molar-refractivity contribution in [3.63, 3.8) is 0 Å². The molecule has 1 heterocycles. The lowest BCUT2D eigenvalue weighted by Gasteiger charge is -2.19. The molecule has 0 spiro atoms. The van der Waals surface area contributed by atoms with Crippen molar-refractivity contribution in [1.29, 1.82) is 0 Å². The van der Waals surface area contributed by atoms with E-state index < -0.39 is 0 Å². The van der Waals surface area contributed by atoms with Crippen molar-refractivity contribution < 1.29 is 9.13 Å². The second-order valence-electron chi connectivity index (χ2n) is 4.13. The molecule has 0 bridgehead atoms. The summed E-state index contributed by atoms with van der Waals surface area (Å²) in [6.45, 7) is 2.97. The van der Waals surface area contributed by atoms with E-state index in [1.54, 1.807) is 18.9 Å². The molecule has 0 aliphatic carbocycles. The van der Waals surface area contributed by atoms with E-state index in [1.165, 1.54) is 6.07 Å². The van der Waals surface area contributed by atoms with Crippen molar-refractivity contribution in [3.8, 4) is 5.75 Å². The maximum absolute atomic E-state index is 14.0. The van der Waals surface area contributed by atoms with Crippen LogP contribution in [0.3, 0.4) is 0 Å². The van der Waals surface area contributed by atoms with Crippen LogP contribution in [0.1, 0.15) is 30.5 Å². The van der Waals surface area contributed by atoms with Crippen molar-refractivity contribution >= 4 is 11.8 Å². The zero-order chi connectivity index (χ0) is 12.3. The summed E-state index contributed by atoms with van der Waals surface area (Å²) < 4.78 is 19.1. The highest BCUT2D eigenvalue weighted by Gasteiger charge is 2.21. The number of hydrogen-bond acceptors (Lipinski definition) is 3. The van der Waals surface area contributed by atoms with Crippen LogP contribution in [-0.4, -0.2) is 19.4 Å². The van der Waals surface area contributed by atoms with Crippen LogP contribution in [0, 0.1) is 5.82 Å². The summed E-state index contributed by atoms with van der Waals surface area (Å²) in [6.07, 6.45) is 1.04. The number of nitrogens with one attached hydrogen (secondary N) is 1. The molecule has 1 unspecified atom stereocenters. The molecule has 1 aliphatic rings. The minimum atomic E-state index is -0.142. The third-order valence-electron chi connectivity index (χ3n) is 3.06. The van der Waals surface area contributed by atoms with Crippen LogP contribution >= 0.6 is 11.8 Å². The molecule has 1 aliphatic heterocycles. The summed E-state index contributed by atoms with van der Waals surface area (Å²) in [5.74, 6) is 2.29. The van der Waals surface area contributed by atoms with Gasteiger partial charge in [-0.1, -0.05) is 6.92 Å². The minimum Gasteiger partial charge on any atom is -0.497 e. The van der Waals surface area contributed by atoms with Crippen LogP contribution in [0.4, 0.5) is 4.39 Å². The normalized spacial score (nSPS) is 19.6. The van der Waals surface area contributed by atoms with Crippen LogP contribution in [-0.2, 0) is 5.75 Å². The van der Waals surface area contributed by atoms with Gasteiger partial charge in [-0.15, -0.1) is 0 Å². The largest absolute Gasteiger partial charge is 0.497 e. The van der Waals surface area contributed by atoms with Crippen molar-refractivity contribution in [2.75, 3.05) is 19.4 Å². The lowest BCUT2D eigenvalue weighted by molar-refractivity contribution is 0.408. The number of rotatable bonds is 3. The predicted molar refractivity (Wildman–Crippen MR) is 70.1 cm³/mol. The van der Waals surface area contributed by atoms with Crippen molar-refractivity contribution in [3.05, 3.63) is 29.1 Å². The van der Waals surface area contributed by atoms with Gasteiger partial charge in [0.15, 0.2) is 0 Å². The standard InChI is InChI=1S/C13H18FNOS/c1-3-15-13-4-5-17-8-11-10(13)6-9(16-2)7-12(11)14/h6-7,13,15H,3-5,8H2,1-2H3. The first-order valence-electron chi connectivity index (χ1n) is 5.93. The highest BCUT2D eigenvalue weighted by Crippen LogP contribution is 2.34. The lowest BCUT2D eigenvalue weighted by atomic mass is 9.98. The zero-order valence-electron chi connectivity index (χ0n) is 10.3. The molecule has 94 valence electrons. The van der Waals surface area contributed by atoms with Crippen molar-refractivity contribution in [2.45, 2.75) is 25.1 Å². The Morgan fingerprint density at radius 2 is 2.35 bits per heavy atom. The van der Waals surface area contributed by atoms with Gasteiger partial charge in [0.2, 0.25) is 0 Å². The maximum Gasteiger partial charge on any atom is 0.131 e. The Hall–Kier alpha value is -0.740. The Morgan fingerprint density at radius 3 is 3.06 bits per heavy atom. The number of benzene rings is 1. The Morgan fingerprint density at radius 1 is 1.53 bits per heavy atom. The van der Waals surface area contributed by atoms with Crippen molar-refractivity contribution in [2.24, 2.45) is 0 Å². The summed E-state index contributed by atoms with van der Waals surface area (Å²) in [4.78, 5) is 0. The quantitative estimate of drug-likeness (QED) is 0.896. The molecule has 1 aromatic rings. The van der Waals surface area contributed by atoms with Crippen LogP contribution < -0.4 is 10.1 Å². The van der Waals surface area contributed by atoms with E-state index in [9.17, 15) is 4.39 Å². The Balaban J connectivity index is 2.43. The SMILES string of the molecule is CCNC1CCSCc2c(F)cc(OC)cc21. The van der Waals surface area contributed by atoms with E-state index >= 15 is 0 Å². The minimum absolute atomic E-state index is 0.142. The molecule has 0 saturated heterocycles.